The van der Waals surface area contributed by atoms with E-state index in [2.05, 4.69) is 85.2 Å². The minimum Gasteiger partial charge on any atom is -0.462 e. The van der Waals surface area contributed by atoms with Crippen molar-refractivity contribution in [1.29, 1.82) is 0 Å². The molecule has 0 spiro atoms. The first-order chi connectivity index (χ1) is 20.3. The largest absolute Gasteiger partial charge is 0.462 e. The highest BCUT2D eigenvalue weighted by atomic mass is 16.5. The molecule has 7 heteroatoms. The van der Waals surface area contributed by atoms with Crippen molar-refractivity contribution < 1.29 is 9.53 Å². The molecule has 2 aromatic heterocycles. The van der Waals surface area contributed by atoms with Crippen LogP contribution in [0.4, 0.5) is 5.69 Å². The number of piperidine rings is 1. The summed E-state index contributed by atoms with van der Waals surface area (Å²) in [5.74, 6) is 1.34. The van der Waals surface area contributed by atoms with E-state index in [9.17, 15) is 4.79 Å². The lowest BCUT2D eigenvalue weighted by Gasteiger charge is -2.31. The summed E-state index contributed by atoms with van der Waals surface area (Å²) in [6.45, 7) is 12.3. The van der Waals surface area contributed by atoms with Gasteiger partial charge in [0.05, 0.1) is 29.7 Å². The first-order valence-electron chi connectivity index (χ1n) is 15.2. The first-order valence-corrected chi connectivity index (χ1v) is 15.2. The van der Waals surface area contributed by atoms with Crippen molar-refractivity contribution in [3.63, 3.8) is 0 Å². The SMILES string of the molecule is CCOC(=O)c1cnn(-c2cccc(-c3cccc4c3N(Cc3ccc(C5CCN(C)CC5)cc3C)C(C)C4C)n2)c1. The Morgan fingerprint density at radius 2 is 1.83 bits per heavy atom. The van der Waals surface area contributed by atoms with Gasteiger partial charge in [0.25, 0.3) is 0 Å². The van der Waals surface area contributed by atoms with E-state index < -0.39 is 0 Å². The maximum Gasteiger partial charge on any atom is 0.341 e. The average molecular weight is 564 g/mol. The van der Waals surface area contributed by atoms with Crippen molar-refractivity contribution in [2.24, 2.45) is 0 Å². The number of carbonyl (C=O) groups is 1. The normalized spacial score (nSPS) is 19.2. The summed E-state index contributed by atoms with van der Waals surface area (Å²) in [5, 5.41) is 4.39. The van der Waals surface area contributed by atoms with Crippen LogP contribution >= 0.6 is 0 Å². The molecule has 1 saturated heterocycles. The van der Waals surface area contributed by atoms with Crippen LogP contribution < -0.4 is 4.90 Å². The number of carbonyl (C=O) groups excluding carboxylic acids is 1. The Morgan fingerprint density at radius 3 is 2.60 bits per heavy atom. The number of anilines is 1. The molecule has 0 aliphatic carbocycles. The fourth-order valence-electron chi connectivity index (χ4n) is 6.56. The van der Waals surface area contributed by atoms with Crippen molar-refractivity contribution in [2.45, 2.75) is 65.0 Å². The number of para-hydroxylation sites is 1. The third-order valence-electron chi connectivity index (χ3n) is 9.30. The maximum absolute atomic E-state index is 12.2. The van der Waals surface area contributed by atoms with Gasteiger partial charge in [0, 0.05) is 30.3 Å². The Bertz CT molecular complexity index is 1590. The van der Waals surface area contributed by atoms with E-state index in [-0.39, 0.29) is 5.97 Å². The molecule has 218 valence electrons. The zero-order valence-electron chi connectivity index (χ0n) is 25.4. The van der Waals surface area contributed by atoms with Gasteiger partial charge in [0.2, 0.25) is 0 Å². The molecule has 0 bridgehead atoms. The quantitative estimate of drug-likeness (QED) is 0.232. The molecule has 2 atom stereocenters. The molecular formula is C35H41N5O2. The van der Waals surface area contributed by atoms with E-state index in [0.717, 1.165) is 17.8 Å². The van der Waals surface area contributed by atoms with Crippen LogP contribution in [-0.2, 0) is 11.3 Å². The Morgan fingerprint density at radius 1 is 1.05 bits per heavy atom. The van der Waals surface area contributed by atoms with E-state index in [0.29, 0.717) is 35.9 Å². The van der Waals surface area contributed by atoms with Gasteiger partial charge in [-0.3, -0.25) is 0 Å². The van der Waals surface area contributed by atoms with Gasteiger partial charge in [-0.15, -0.1) is 0 Å². The summed E-state index contributed by atoms with van der Waals surface area (Å²) in [6.07, 6.45) is 5.68. The molecule has 1 fully saturated rings. The van der Waals surface area contributed by atoms with E-state index in [1.54, 1.807) is 17.8 Å². The number of benzene rings is 2. The lowest BCUT2D eigenvalue weighted by molar-refractivity contribution is 0.0526. The van der Waals surface area contributed by atoms with Crippen molar-refractivity contribution in [3.05, 3.63) is 94.8 Å². The van der Waals surface area contributed by atoms with Crippen LogP contribution in [0.15, 0.2) is 67.0 Å². The number of aryl methyl sites for hydroxylation is 1. The maximum atomic E-state index is 12.2. The van der Waals surface area contributed by atoms with Crippen molar-refractivity contribution in [1.82, 2.24) is 19.7 Å². The molecule has 7 nitrogen and oxygen atoms in total. The Labute approximate surface area is 249 Å². The Kier molecular flexibility index (Phi) is 7.86. The van der Waals surface area contributed by atoms with E-state index in [1.807, 2.05) is 12.1 Å². The number of rotatable bonds is 7. The topological polar surface area (TPSA) is 63.5 Å². The fourth-order valence-corrected chi connectivity index (χ4v) is 6.56. The zero-order valence-corrected chi connectivity index (χ0v) is 25.4. The zero-order chi connectivity index (χ0) is 29.4. The van der Waals surface area contributed by atoms with Crippen LogP contribution in [-0.4, -0.2) is 58.4 Å². The summed E-state index contributed by atoms with van der Waals surface area (Å²) in [7, 11) is 2.22. The van der Waals surface area contributed by atoms with Gasteiger partial charge < -0.3 is 14.5 Å². The molecule has 2 aromatic carbocycles. The highest BCUT2D eigenvalue weighted by Crippen LogP contribution is 2.47. The minimum atomic E-state index is -0.380. The number of fused-ring (bicyclic) bond motifs is 1. The second-order valence-electron chi connectivity index (χ2n) is 11.9. The number of hydrogen-bond donors (Lipinski definition) is 0. The molecule has 0 radical (unpaired) electrons. The second kappa shape index (κ2) is 11.7. The number of nitrogens with zero attached hydrogens (tertiary/aromatic N) is 5. The van der Waals surface area contributed by atoms with Crippen LogP contribution in [0.3, 0.4) is 0 Å². The Hall–Kier alpha value is -3.97. The number of likely N-dealkylation sites (tertiary alicyclic amines) is 1. The van der Waals surface area contributed by atoms with Gasteiger partial charge >= 0.3 is 5.97 Å². The molecule has 4 heterocycles. The number of esters is 1. The molecule has 0 N–H and O–H groups in total. The number of aromatic nitrogens is 3. The molecule has 6 rings (SSSR count). The van der Waals surface area contributed by atoms with Gasteiger partial charge in [-0.1, -0.05) is 49.4 Å². The van der Waals surface area contributed by atoms with Gasteiger partial charge in [-0.05, 0) is 94.1 Å². The summed E-state index contributed by atoms with van der Waals surface area (Å²) in [5.41, 5.74) is 9.26. The number of pyridine rings is 1. The molecule has 0 amide bonds. The minimum absolute atomic E-state index is 0.326. The average Bonchev–Trinajstić information content (AvgIpc) is 3.59. The third kappa shape index (κ3) is 5.34. The van der Waals surface area contributed by atoms with E-state index in [1.165, 1.54) is 60.1 Å². The van der Waals surface area contributed by atoms with Crippen molar-refractivity contribution in [3.8, 4) is 17.1 Å². The highest BCUT2D eigenvalue weighted by molar-refractivity contribution is 5.89. The molecule has 2 unspecified atom stereocenters. The Balaban J connectivity index is 1.31. The van der Waals surface area contributed by atoms with Crippen LogP contribution in [0, 0.1) is 6.92 Å². The monoisotopic (exact) mass is 563 g/mol. The van der Waals surface area contributed by atoms with Crippen molar-refractivity contribution in [2.75, 3.05) is 31.6 Å². The molecule has 42 heavy (non-hydrogen) atoms. The molecule has 0 saturated carbocycles. The molecular weight excluding hydrogens is 522 g/mol. The standard InChI is InChI=1S/C35H41N5O2/c1-6-42-35(41)29-20-36-40(22-29)33-12-8-11-32(37-33)31-10-7-9-30-24(3)25(4)39(34(30)31)21-28-14-13-27(19-23(28)2)26-15-17-38(5)18-16-26/h7-14,19-20,22,24-26H,6,15-18,21H2,1-5H3. The van der Waals surface area contributed by atoms with Gasteiger partial charge in [0.1, 0.15) is 0 Å². The van der Waals surface area contributed by atoms with Gasteiger partial charge in [-0.2, -0.15) is 5.10 Å². The summed E-state index contributed by atoms with van der Waals surface area (Å²) in [4.78, 5) is 22.2. The summed E-state index contributed by atoms with van der Waals surface area (Å²) < 4.78 is 6.77. The lowest BCUT2D eigenvalue weighted by Crippen LogP contribution is -2.31. The number of ether oxygens (including phenoxy) is 1. The number of hydrogen-bond acceptors (Lipinski definition) is 6. The van der Waals surface area contributed by atoms with Crippen LogP contribution in [0.5, 0.6) is 0 Å². The third-order valence-corrected chi connectivity index (χ3v) is 9.30. The smallest absolute Gasteiger partial charge is 0.341 e. The van der Waals surface area contributed by atoms with E-state index >= 15 is 0 Å². The van der Waals surface area contributed by atoms with Crippen LogP contribution in [0.1, 0.15) is 78.1 Å². The van der Waals surface area contributed by atoms with Gasteiger partial charge in [-0.25, -0.2) is 14.5 Å². The van der Waals surface area contributed by atoms with Gasteiger partial charge in [0.15, 0.2) is 5.82 Å². The van der Waals surface area contributed by atoms with Crippen molar-refractivity contribution >= 4 is 11.7 Å². The molecule has 2 aliphatic heterocycles. The fraction of sp³-hybridized carbons (Fsp3) is 0.400. The predicted molar refractivity (Wildman–Crippen MR) is 167 cm³/mol. The summed E-state index contributed by atoms with van der Waals surface area (Å²) in [6, 6.07) is 20.1. The predicted octanol–water partition coefficient (Wildman–Crippen LogP) is 6.74. The first kappa shape index (κ1) is 28.2. The second-order valence-corrected chi connectivity index (χ2v) is 11.9. The summed E-state index contributed by atoms with van der Waals surface area (Å²) >= 11 is 0. The molecule has 4 aromatic rings. The lowest BCUT2D eigenvalue weighted by atomic mass is 9.88. The molecule has 2 aliphatic rings. The van der Waals surface area contributed by atoms with E-state index in [4.69, 9.17) is 9.72 Å². The highest BCUT2D eigenvalue weighted by Gasteiger charge is 2.35. The van der Waals surface area contributed by atoms with Crippen LogP contribution in [0.25, 0.3) is 17.1 Å². The van der Waals surface area contributed by atoms with Crippen LogP contribution in [0.2, 0.25) is 0 Å².